The lowest BCUT2D eigenvalue weighted by Crippen LogP contribution is -2.44. The zero-order valence-corrected chi connectivity index (χ0v) is 20.2. The van der Waals surface area contributed by atoms with Gasteiger partial charge in [-0.1, -0.05) is 60.7 Å². The zero-order valence-electron chi connectivity index (χ0n) is 19.4. The Hall–Kier alpha value is -3.85. The topological polar surface area (TPSA) is 108 Å². The van der Waals surface area contributed by atoms with Crippen molar-refractivity contribution in [1.82, 2.24) is 5.32 Å². The molecule has 0 saturated carbocycles. The molecule has 35 heavy (non-hydrogen) atoms. The Morgan fingerprint density at radius 2 is 1.43 bits per heavy atom. The van der Waals surface area contributed by atoms with Crippen molar-refractivity contribution < 1.29 is 31.7 Å². The van der Waals surface area contributed by atoms with Crippen LogP contribution < -0.4 is 9.50 Å². The van der Waals surface area contributed by atoms with Crippen molar-refractivity contribution in [3.63, 3.8) is 0 Å². The van der Waals surface area contributed by atoms with E-state index >= 15 is 0 Å². The summed E-state index contributed by atoms with van der Waals surface area (Å²) in [4.78, 5) is 24.9. The van der Waals surface area contributed by atoms with Gasteiger partial charge in [0.15, 0.2) is 0 Å². The van der Waals surface area contributed by atoms with Crippen LogP contribution in [-0.4, -0.2) is 32.6 Å². The van der Waals surface area contributed by atoms with Gasteiger partial charge >= 0.3 is 22.2 Å². The minimum absolute atomic E-state index is 0.0405. The van der Waals surface area contributed by atoms with Crippen molar-refractivity contribution in [1.29, 1.82) is 0 Å². The SMILES string of the molecule is CC(C)OC(=O)C(Cc1ccc(OS(=O)(=O)c2ccccc2)cc1)NC(=O)OCc1ccccc1. The molecule has 0 aliphatic heterocycles. The maximum atomic E-state index is 12.6. The molecule has 0 aromatic heterocycles. The molecule has 184 valence electrons. The van der Waals surface area contributed by atoms with E-state index in [-0.39, 0.29) is 29.8 Å². The van der Waals surface area contributed by atoms with Gasteiger partial charge in [-0.3, -0.25) is 0 Å². The van der Waals surface area contributed by atoms with Gasteiger partial charge in [0, 0.05) is 6.42 Å². The zero-order chi connectivity index (χ0) is 25.3. The fourth-order valence-electron chi connectivity index (χ4n) is 3.09. The maximum Gasteiger partial charge on any atom is 0.408 e. The molecule has 0 spiro atoms. The number of carbonyl (C=O) groups excluding carboxylic acids is 2. The van der Waals surface area contributed by atoms with Gasteiger partial charge in [0.2, 0.25) is 0 Å². The summed E-state index contributed by atoms with van der Waals surface area (Å²) in [6, 6.07) is 22.1. The van der Waals surface area contributed by atoms with Crippen LogP contribution in [-0.2, 0) is 37.4 Å². The Morgan fingerprint density at radius 3 is 2.03 bits per heavy atom. The molecule has 0 saturated heterocycles. The molecule has 1 atom stereocenters. The van der Waals surface area contributed by atoms with E-state index in [2.05, 4.69) is 5.32 Å². The van der Waals surface area contributed by atoms with Gasteiger partial charge in [-0.15, -0.1) is 0 Å². The van der Waals surface area contributed by atoms with Gasteiger partial charge in [0.05, 0.1) is 6.10 Å². The molecule has 3 aromatic carbocycles. The van der Waals surface area contributed by atoms with Crippen LogP contribution in [0.25, 0.3) is 0 Å². The summed E-state index contributed by atoms with van der Waals surface area (Å²) in [5.74, 6) is -0.488. The number of alkyl carbamates (subject to hydrolysis) is 1. The van der Waals surface area contributed by atoms with Crippen molar-refractivity contribution in [2.24, 2.45) is 0 Å². The number of carbonyl (C=O) groups is 2. The molecule has 0 aliphatic rings. The Bertz CT molecular complexity index is 1210. The first kappa shape index (κ1) is 25.8. The lowest BCUT2D eigenvalue weighted by atomic mass is 10.1. The smallest absolute Gasteiger partial charge is 0.408 e. The second-order valence-corrected chi connectivity index (χ2v) is 9.49. The predicted molar refractivity (Wildman–Crippen MR) is 129 cm³/mol. The first-order valence-corrected chi connectivity index (χ1v) is 12.4. The molecule has 9 heteroatoms. The van der Waals surface area contributed by atoms with E-state index in [0.29, 0.717) is 5.56 Å². The van der Waals surface area contributed by atoms with Crippen LogP contribution in [0, 0.1) is 0 Å². The normalized spacial score (nSPS) is 12.0. The van der Waals surface area contributed by atoms with Crippen LogP contribution in [0.4, 0.5) is 4.79 Å². The summed E-state index contributed by atoms with van der Waals surface area (Å²) in [6.07, 6.45) is -1.02. The first-order valence-electron chi connectivity index (χ1n) is 11.0. The Labute approximate surface area is 205 Å². The van der Waals surface area contributed by atoms with E-state index < -0.39 is 28.2 Å². The number of rotatable bonds is 10. The van der Waals surface area contributed by atoms with Crippen LogP contribution >= 0.6 is 0 Å². The number of esters is 1. The highest BCUT2D eigenvalue weighted by Gasteiger charge is 2.25. The third-order valence-corrected chi connectivity index (χ3v) is 6.00. The molecular formula is C26H27NO7S. The van der Waals surface area contributed by atoms with E-state index in [9.17, 15) is 18.0 Å². The van der Waals surface area contributed by atoms with Gasteiger partial charge in [0.25, 0.3) is 0 Å². The molecular weight excluding hydrogens is 470 g/mol. The summed E-state index contributed by atoms with van der Waals surface area (Å²) >= 11 is 0. The largest absolute Gasteiger partial charge is 0.461 e. The number of hydrogen-bond donors (Lipinski definition) is 1. The molecule has 8 nitrogen and oxygen atoms in total. The van der Waals surface area contributed by atoms with Crippen LogP contribution in [0.2, 0.25) is 0 Å². The lowest BCUT2D eigenvalue weighted by Gasteiger charge is -2.19. The quantitative estimate of drug-likeness (QED) is 0.330. The monoisotopic (exact) mass is 497 g/mol. The van der Waals surface area contributed by atoms with E-state index in [1.165, 1.54) is 24.3 Å². The fraction of sp³-hybridized carbons (Fsp3) is 0.231. The van der Waals surface area contributed by atoms with Gasteiger partial charge in [0.1, 0.15) is 23.3 Å². The standard InChI is InChI=1S/C26H27NO7S/c1-19(2)33-25(28)24(27-26(29)32-18-21-9-5-3-6-10-21)17-20-13-15-22(16-14-20)34-35(30,31)23-11-7-4-8-12-23/h3-16,19,24H,17-18H2,1-2H3,(H,27,29). The van der Waals surface area contributed by atoms with Gasteiger partial charge in [-0.2, -0.15) is 8.42 Å². The Kier molecular flexibility index (Phi) is 8.86. The van der Waals surface area contributed by atoms with Crippen molar-refractivity contribution >= 4 is 22.2 Å². The summed E-state index contributed by atoms with van der Waals surface area (Å²) < 4.78 is 40.5. The number of benzene rings is 3. The molecule has 0 aliphatic carbocycles. The van der Waals surface area contributed by atoms with Crippen LogP contribution in [0.15, 0.2) is 89.8 Å². The average molecular weight is 498 g/mol. The number of amides is 1. The van der Waals surface area contributed by atoms with E-state index in [0.717, 1.165) is 5.56 Å². The summed E-state index contributed by atoms with van der Waals surface area (Å²) in [6.45, 7) is 3.48. The first-order chi connectivity index (χ1) is 16.7. The molecule has 1 unspecified atom stereocenters. The highest BCUT2D eigenvalue weighted by molar-refractivity contribution is 7.87. The highest BCUT2D eigenvalue weighted by Crippen LogP contribution is 2.20. The minimum Gasteiger partial charge on any atom is -0.461 e. The van der Waals surface area contributed by atoms with Crippen molar-refractivity contribution in [2.45, 2.75) is 43.9 Å². The second kappa shape index (κ2) is 12.0. The van der Waals surface area contributed by atoms with Crippen molar-refractivity contribution in [3.05, 3.63) is 96.1 Å². The van der Waals surface area contributed by atoms with Gasteiger partial charge in [-0.25, -0.2) is 9.59 Å². The molecule has 3 rings (SSSR count). The number of ether oxygens (including phenoxy) is 2. The summed E-state index contributed by atoms with van der Waals surface area (Å²) in [5, 5.41) is 2.55. The minimum atomic E-state index is -3.97. The van der Waals surface area contributed by atoms with Gasteiger partial charge < -0.3 is 19.0 Å². The fourth-order valence-corrected chi connectivity index (χ4v) is 4.04. The molecule has 1 N–H and O–H groups in total. The molecule has 0 radical (unpaired) electrons. The summed E-state index contributed by atoms with van der Waals surface area (Å²) in [5.41, 5.74) is 1.47. The average Bonchev–Trinajstić information content (AvgIpc) is 2.84. The maximum absolute atomic E-state index is 12.6. The van der Waals surface area contributed by atoms with E-state index in [1.54, 1.807) is 44.2 Å². The van der Waals surface area contributed by atoms with E-state index in [1.807, 2.05) is 30.3 Å². The number of nitrogens with one attached hydrogen (secondary N) is 1. The molecule has 3 aromatic rings. The van der Waals surface area contributed by atoms with Crippen molar-refractivity contribution in [3.8, 4) is 5.75 Å². The third-order valence-electron chi connectivity index (χ3n) is 4.74. The Morgan fingerprint density at radius 1 is 0.829 bits per heavy atom. The molecule has 0 heterocycles. The van der Waals surface area contributed by atoms with E-state index in [4.69, 9.17) is 13.7 Å². The van der Waals surface area contributed by atoms with Crippen LogP contribution in [0.3, 0.4) is 0 Å². The highest BCUT2D eigenvalue weighted by atomic mass is 32.2. The number of hydrogen-bond acceptors (Lipinski definition) is 7. The predicted octanol–water partition coefficient (Wildman–Crippen LogP) is 4.24. The Balaban J connectivity index is 1.65. The molecule has 0 bridgehead atoms. The van der Waals surface area contributed by atoms with Gasteiger partial charge in [-0.05, 0) is 49.2 Å². The lowest BCUT2D eigenvalue weighted by molar-refractivity contribution is -0.149. The third kappa shape index (κ3) is 8.15. The van der Waals surface area contributed by atoms with Crippen LogP contribution in [0.5, 0.6) is 5.75 Å². The van der Waals surface area contributed by atoms with Crippen molar-refractivity contribution in [2.75, 3.05) is 0 Å². The molecule has 0 fully saturated rings. The van der Waals surface area contributed by atoms with Crippen LogP contribution in [0.1, 0.15) is 25.0 Å². The summed E-state index contributed by atoms with van der Waals surface area (Å²) in [7, 11) is -3.97. The second-order valence-electron chi connectivity index (χ2n) is 7.94. The molecule has 1 amide bonds.